The van der Waals surface area contributed by atoms with Crippen LogP contribution in [0.4, 0.5) is 0 Å². The lowest BCUT2D eigenvalue weighted by Gasteiger charge is -2.05. The summed E-state index contributed by atoms with van der Waals surface area (Å²) in [5, 5.41) is 0. The molecule has 0 aliphatic heterocycles. The largest absolute Gasteiger partial charge is 0.477 e. The van der Waals surface area contributed by atoms with Gasteiger partial charge in [0.05, 0.1) is 18.5 Å². The molecule has 1 heterocycles. The zero-order valence-corrected chi connectivity index (χ0v) is 9.28. The van der Waals surface area contributed by atoms with E-state index in [1.807, 2.05) is 0 Å². The summed E-state index contributed by atoms with van der Waals surface area (Å²) in [5.74, 6) is 0.578. The van der Waals surface area contributed by atoms with E-state index in [1.165, 1.54) is 19.3 Å². The monoisotopic (exact) mass is 209 g/mol. The first-order valence-corrected chi connectivity index (χ1v) is 5.50. The fraction of sp³-hybridized carbons (Fsp3) is 0.636. The van der Waals surface area contributed by atoms with Crippen molar-refractivity contribution in [2.45, 2.75) is 39.2 Å². The third kappa shape index (κ3) is 4.74. The molecular formula is C11H19N3O. The quantitative estimate of drug-likeness (QED) is 0.697. The van der Waals surface area contributed by atoms with Gasteiger partial charge in [-0.1, -0.05) is 26.2 Å². The highest BCUT2D eigenvalue weighted by Crippen LogP contribution is 2.06. The van der Waals surface area contributed by atoms with Crippen LogP contribution >= 0.6 is 0 Å². The molecule has 0 unspecified atom stereocenters. The van der Waals surface area contributed by atoms with Gasteiger partial charge in [0.25, 0.3) is 0 Å². The molecule has 0 saturated heterocycles. The molecule has 0 aromatic carbocycles. The highest BCUT2D eigenvalue weighted by atomic mass is 16.5. The zero-order valence-electron chi connectivity index (χ0n) is 9.28. The van der Waals surface area contributed by atoms with Gasteiger partial charge in [0.1, 0.15) is 0 Å². The van der Waals surface area contributed by atoms with E-state index in [9.17, 15) is 0 Å². The standard InChI is InChI=1S/C11H19N3O/c1-2-3-4-5-6-15-11-9-13-8-10(7-12)14-11/h8-9H,2-7,12H2,1H3. The molecule has 84 valence electrons. The highest BCUT2D eigenvalue weighted by Gasteiger charge is 1.97. The van der Waals surface area contributed by atoms with Crippen molar-refractivity contribution >= 4 is 0 Å². The fourth-order valence-corrected chi connectivity index (χ4v) is 1.26. The lowest BCUT2D eigenvalue weighted by Crippen LogP contribution is -2.04. The van der Waals surface area contributed by atoms with Gasteiger partial charge in [0, 0.05) is 12.7 Å². The van der Waals surface area contributed by atoms with Crippen LogP contribution < -0.4 is 10.5 Å². The van der Waals surface area contributed by atoms with E-state index in [4.69, 9.17) is 10.5 Å². The van der Waals surface area contributed by atoms with Crippen LogP contribution in [0.1, 0.15) is 38.3 Å². The van der Waals surface area contributed by atoms with Crippen LogP contribution in [0.25, 0.3) is 0 Å². The molecule has 0 amide bonds. The van der Waals surface area contributed by atoms with Gasteiger partial charge in [-0.2, -0.15) is 0 Å². The Labute approximate surface area is 90.9 Å². The van der Waals surface area contributed by atoms with Gasteiger partial charge in [-0.3, -0.25) is 4.98 Å². The maximum Gasteiger partial charge on any atom is 0.232 e. The van der Waals surface area contributed by atoms with Crippen molar-refractivity contribution in [1.29, 1.82) is 0 Å². The van der Waals surface area contributed by atoms with Gasteiger partial charge >= 0.3 is 0 Å². The van der Waals surface area contributed by atoms with E-state index in [-0.39, 0.29) is 0 Å². The number of nitrogens with two attached hydrogens (primary N) is 1. The third-order valence-electron chi connectivity index (χ3n) is 2.12. The molecule has 0 spiro atoms. The summed E-state index contributed by atoms with van der Waals surface area (Å²) in [5.41, 5.74) is 6.22. The highest BCUT2D eigenvalue weighted by molar-refractivity contribution is 5.07. The summed E-state index contributed by atoms with van der Waals surface area (Å²) in [4.78, 5) is 8.20. The van der Waals surface area contributed by atoms with Gasteiger partial charge in [-0.05, 0) is 6.42 Å². The summed E-state index contributed by atoms with van der Waals surface area (Å²) in [6.45, 7) is 3.31. The Bertz CT molecular complexity index is 278. The normalized spacial score (nSPS) is 10.3. The predicted molar refractivity (Wildman–Crippen MR) is 59.6 cm³/mol. The number of nitrogens with zero attached hydrogens (tertiary/aromatic N) is 2. The number of ether oxygens (including phenoxy) is 1. The van der Waals surface area contributed by atoms with Crippen molar-refractivity contribution in [1.82, 2.24) is 9.97 Å². The van der Waals surface area contributed by atoms with E-state index in [2.05, 4.69) is 16.9 Å². The minimum atomic E-state index is 0.403. The van der Waals surface area contributed by atoms with Gasteiger partial charge in [-0.25, -0.2) is 4.98 Å². The van der Waals surface area contributed by atoms with E-state index >= 15 is 0 Å². The zero-order chi connectivity index (χ0) is 10.9. The molecule has 0 saturated carbocycles. The minimum absolute atomic E-state index is 0.403. The Hall–Kier alpha value is -1.16. The molecule has 2 N–H and O–H groups in total. The lowest BCUT2D eigenvalue weighted by molar-refractivity contribution is 0.291. The summed E-state index contributed by atoms with van der Waals surface area (Å²) >= 11 is 0. The Morgan fingerprint density at radius 2 is 2.13 bits per heavy atom. The first-order valence-electron chi connectivity index (χ1n) is 5.50. The smallest absolute Gasteiger partial charge is 0.232 e. The summed E-state index contributed by atoms with van der Waals surface area (Å²) in [7, 11) is 0. The Morgan fingerprint density at radius 3 is 2.87 bits per heavy atom. The molecule has 0 aliphatic carbocycles. The van der Waals surface area contributed by atoms with Gasteiger partial charge in [-0.15, -0.1) is 0 Å². The molecule has 4 nitrogen and oxygen atoms in total. The molecule has 4 heteroatoms. The van der Waals surface area contributed by atoms with Crippen LogP contribution in [-0.2, 0) is 6.54 Å². The molecule has 1 aromatic heterocycles. The molecular weight excluding hydrogens is 190 g/mol. The second kappa shape index (κ2) is 7.17. The molecule has 1 aromatic rings. The predicted octanol–water partition coefficient (Wildman–Crippen LogP) is 1.89. The third-order valence-corrected chi connectivity index (χ3v) is 2.12. The van der Waals surface area contributed by atoms with Crippen LogP contribution in [0.15, 0.2) is 12.4 Å². The summed E-state index contributed by atoms with van der Waals surface area (Å²) in [6.07, 6.45) is 8.06. The SMILES string of the molecule is CCCCCCOc1cncc(CN)n1. The lowest BCUT2D eigenvalue weighted by atomic mass is 10.2. The van der Waals surface area contributed by atoms with Crippen molar-refractivity contribution in [2.24, 2.45) is 5.73 Å². The fourth-order valence-electron chi connectivity index (χ4n) is 1.26. The van der Waals surface area contributed by atoms with E-state index < -0.39 is 0 Å². The van der Waals surface area contributed by atoms with Crippen molar-refractivity contribution in [2.75, 3.05) is 6.61 Å². The summed E-state index contributed by atoms with van der Waals surface area (Å²) < 4.78 is 5.47. The van der Waals surface area contributed by atoms with Crippen LogP contribution in [0.3, 0.4) is 0 Å². The van der Waals surface area contributed by atoms with Crippen LogP contribution in [0.2, 0.25) is 0 Å². The number of rotatable bonds is 7. The second-order valence-electron chi connectivity index (χ2n) is 3.46. The number of aromatic nitrogens is 2. The van der Waals surface area contributed by atoms with Gasteiger partial charge in [0.15, 0.2) is 0 Å². The topological polar surface area (TPSA) is 61.0 Å². The second-order valence-corrected chi connectivity index (χ2v) is 3.46. The minimum Gasteiger partial charge on any atom is -0.477 e. The maximum absolute atomic E-state index is 5.47. The van der Waals surface area contributed by atoms with Crippen LogP contribution in [0.5, 0.6) is 5.88 Å². The molecule has 0 bridgehead atoms. The number of hydrogen-bond acceptors (Lipinski definition) is 4. The van der Waals surface area contributed by atoms with Crippen molar-refractivity contribution < 1.29 is 4.74 Å². The van der Waals surface area contributed by atoms with Crippen molar-refractivity contribution in [3.63, 3.8) is 0 Å². The number of unbranched alkanes of at least 4 members (excludes halogenated alkanes) is 3. The molecule has 0 radical (unpaired) electrons. The van der Waals surface area contributed by atoms with E-state index in [0.717, 1.165) is 12.1 Å². The molecule has 1 rings (SSSR count). The van der Waals surface area contributed by atoms with Crippen molar-refractivity contribution in [3.8, 4) is 5.88 Å². The average Bonchev–Trinajstić information content (AvgIpc) is 2.29. The molecule has 0 aliphatic rings. The van der Waals surface area contributed by atoms with Crippen LogP contribution in [-0.4, -0.2) is 16.6 Å². The average molecular weight is 209 g/mol. The van der Waals surface area contributed by atoms with Crippen LogP contribution in [0, 0.1) is 0 Å². The Morgan fingerprint density at radius 1 is 1.27 bits per heavy atom. The summed E-state index contributed by atoms with van der Waals surface area (Å²) in [6, 6.07) is 0. The molecule has 0 atom stereocenters. The van der Waals surface area contributed by atoms with Crippen molar-refractivity contribution in [3.05, 3.63) is 18.1 Å². The first-order chi connectivity index (χ1) is 7.36. The van der Waals surface area contributed by atoms with E-state index in [1.54, 1.807) is 12.4 Å². The van der Waals surface area contributed by atoms with Gasteiger partial charge in [0.2, 0.25) is 5.88 Å². The van der Waals surface area contributed by atoms with Gasteiger partial charge < -0.3 is 10.5 Å². The Balaban J connectivity index is 2.24. The maximum atomic E-state index is 5.47. The first kappa shape index (κ1) is 11.9. The van der Waals surface area contributed by atoms with E-state index in [0.29, 0.717) is 19.0 Å². The number of hydrogen-bond donors (Lipinski definition) is 1. The Kier molecular flexibility index (Phi) is 5.70. The molecule has 0 fully saturated rings. The molecule has 15 heavy (non-hydrogen) atoms.